The number of hydrogen-bond donors (Lipinski definition) is 1. The third-order valence-electron chi connectivity index (χ3n) is 2.20. The molecule has 0 aliphatic rings. The van der Waals surface area contributed by atoms with Crippen molar-refractivity contribution in [1.82, 2.24) is 0 Å². The van der Waals surface area contributed by atoms with Gasteiger partial charge in [-0.25, -0.2) is 0 Å². The van der Waals surface area contributed by atoms with Crippen molar-refractivity contribution in [3.05, 3.63) is 34.4 Å². The van der Waals surface area contributed by atoms with Gasteiger partial charge in [0.05, 0.1) is 5.75 Å². The molecular weight excluding hydrogens is 203 g/mol. The first kappa shape index (κ1) is 10.9. The maximum absolute atomic E-state index is 12.1. The summed E-state index contributed by atoms with van der Waals surface area (Å²) >= 11 is 4.59. The molecule has 0 unspecified atom stereocenters. The lowest BCUT2D eigenvalue weighted by atomic mass is 10.0. The van der Waals surface area contributed by atoms with Crippen LogP contribution in [0.25, 0.3) is 0 Å². The van der Waals surface area contributed by atoms with Crippen LogP contribution < -0.4 is 0 Å². The fourth-order valence-electron chi connectivity index (χ4n) is 1.28. The van der Waals surface area contributed by atoms with Crippen LogP contribution in [-0.2, 0) is 11.5 Å². The van der Waals surface area contributed by atoms with E-state index in [9.17, 15) is 3.89 Å². The second kappa shape index (κ2) is 4.91. The molecule has 13 heavy (non-hydrogen) atoms. The Bertz CT molecular complexity index is 297. The van der Waals surface area contributed by atoms with Crippen LogP contribution in [0.4, 0.5) is 3.89 Å². The predicted octanol–water partition coefficient (Wildman–Crippen LogP) is 3.85. The molecule has 1 aromatic rings. The molecule has 3 heteroatoms. The molecule has 0 aliphatic carbocycles. The highest BCUT2D eigenvalue weighted by Crippen LogP contribution is 2.22. The monoisotopic (exact) mass is 216 g/mol. The van der Waals surface area contributed by atoms with Gasteiger partial charge in [-0.1, -0.05) is 12.1 Å². The third-order valence-corrected chi connectivity index (χ3v) is 2.96. The largest absolute Gasteiger partial charge is 0.175 e. The van der Waals surface area contributed by atoms with Crippen LogP contribution in [-0.4, -0.2) is 0 Å². The van der Waals surface area contributed by atoms with E-state index in [1.54, 1.807) is 0 Å². The van der Waals surface area contributed by atoms with Crippen molar-refractivity contribution >= 4 is 24.8 Å². The molecule has 0 radical (unpaired) electrons. The molecule has 0 heterocycles. The van der Waals surface area contributed by atoms with Crippen LogP contribution in [0.2, 0.25) is 0 Å². The smallest absolute Gasteiger partial charge is 0.0504 e. The SMILES string of the molecule is Cc1cc(CS)c(CSF)cc1C. The van der Waals surface area contributed by atoms with Gasteiger partial charge < -0.3 is 0 Å². The van der Waals surface area contributed by atoms with Crippen LogP contribution in [0.1, 0.15) is 22.3 Å². The van der Waals surface area contributed by atoms with E-state index >= 15 is 0 Å². The van der Waals surface area contributed by atoms with E-state index in [1.165, 1.54) is 11.1 Å². The molecule has 0 saturated carbocycles. The Hall–Kier alpha value is -0.150. The molecule has 0 spiro atoms. The first-order valence-corrected chi connectivity index (χ1v) is 5.64. The van der Waals surface area contributed by atoms with Crippen molar-refractivity contribution < 1.29 is 3.89 Å². The Morgan fingerprint density at radius 1 is 1.23 bits per heavy atom. The summed E-state index contributed by atoms with van der Waals surface area (Å²) < 4.78 is 12.1. The number of benzene rings is 1. The van der Waals surface area contributed by atoms with Gasteiger partial charge in [-0.05, 0) is 36.1 Å². The van der Waals surface area contributed by atoms with Gasteiger partial charge in [0.2, 0.25) is 0 Å². The Kier molecular flexibility index (Phi) is 4.13. The van der Waals surface area contributed by atoms with Gasteiger partial charge in [0, 0.05) is 17.9 Å². The second-order valence-electron chi connectivity index (χ2n) is 3.12. The maximum Gasteiger partial charge on any atom is 0.0504 e. The number of thiol groups is 1. The van der Waals surface area contributed by atoms with E-state index in [1.807, 2.05) is 13.0 Å². The van der Waals surface area contributed by atoms with Gasteiger partial charge >= 0.3 is 0 Å². The van der Waals surface area contributed by atoms with Crippen LogP contribution in [0.5, 0.6) is 0 Å². The Balaban J connectivity index is 3.09. The highest BCUT2D eigenvalue weighted by Gasteiger charge is 2.04. The molecule has 0 aliphatic heterocycles. The average molecular weight is 216 g/mol. The quantitative estimate of drug-likeness (QED) is 0.749. The van der Waals surface area contributed by atoms with Crippen LogP contribution in [0.3, 0.4) is 0 Å². The predicted molar refractivity (Wildman–Crippen MR) is 61.0 cm³/mol. The summed E-state index contributed by atoms with van der Waals surface area (Å²) in [5.41, 5.74) is 4.66. The Labute approximate surface area is 88.6 Å². The lowest BCUT2D eigenvalue weighted by Gasteiger charge is -2.09. The van der Waals surface area contributed by atoms with E-state index in [4.69, 9.17) is 0 Å². The Morgan fingerprint density at radius 3 is 2.23 bits per heavy atom. The van der Waals surface area contributed by atoms with Gasteiger partial charge in [-0.3, -0.25) is 0 Å². The average Bonchev–Trinajstić information content (AvgIpc) is 2.11. The summed E-state index contributed by atoms with van der Waals surface area (Å²) in [5.74, 6) is 1.11. The summed E-state index contributed by atoms with van der Waals surface area (Å²) in [7, 11) is 0. The highest BCUT2D eigenvalue weighted by atomic mass is 32.2. The maximum atomic E-state index is 12.1. The molecule has 0 aromatic heterocycles. The van der Waals surface area contributed by atoms with Gasteiger partial charge in [-0.2, -0.15) is 16.5 Å². The number of aryl methyl sites for hydroxylation is 2. The van der Waals surface area contributed by atoms with Gasteiger partial charge in [0.1, 0.15) is 0 Å². The summed E-state index contributed by atoms with van der Waals surface area (Å²) in [5, 5.41) is 0. The minimum atomic E-state index is 0.365. The first-order valence-electron chi connectivity index (χ1n) is 4.12. The molecule has 72 valence electrons. The molecule has 0 atom stereocenters. The normalized spacial score (nSPS) is 10.5. The molecule has 0 nitrogen and oxygen atoms in total. The zero-order chi connectivity index (χ0) is 9.84. The summed E-state index contributed by atoms with van der Waals surface area (Å²) in [6.45, 7) is 4.11. The standard InChI is InChI=1S/C10H13FS2/c1-7-3-9(5-12)10(6-13-11)4-8(7)2/h3-4,12H,5-6H2,1-2H3. The fraction of sp³-hybridized carbons (Fsp3) is 0.400. The summed E-state index contributed by atoms with van der Waals surface area (Å²) in [6, 6.07) is 4.14. The molecule has 0 bridgehead atoms. The molecular formula is C10H13FS2. The molecule has 0 saturated heterocycles. The number of hydrogen-bond acceptors (Lipinski definition) is 2. The summed E-state index contributed by atoms with van der Waals surface area (Å²) in [4.78, 5) is 0. The Morgan fingerprint density at radius 2 is 1.77 bits per heavy atom. The van der Waals surface area contributed by atoms with Gasteiger partial charge in [0.25, 0.3) is 0 Å². The van der Waals surface area contributed by atoms with Crippen LogP contribution in [0.15, 0.2) is 12.1 Å². The van der Waals surface area contributed by atoms with Gasteiger partial charge in [-0.15, -0.1) is 0 Å². The van der Waals surface area contributed by atoms with Crippen molar-refractivity contribution in [2.45, 2.75) is 25.4 Å². The molecule has 0 amide bonds. The van der Waals surface area contributed by atoms with E-state index in [-0.39, 0.29) is 0 Å². The minimum Gasteiger partial charge on any atom is -0.175 e. The zero-order valence-corrected chi connectivity index (χ0v) is 9.51. The molecule has 1 aromatic carbocycles. The third kappa shape index (κ3) is 2.64. The topological polar surface area (TPSA) is 0 Å². The van der Waals surface area contributed by atoms with Crippen LogP contribution >= 0.6 is 24.8 Å². The van der Waals surface area contributed by atoms with Gasteiger partial charge in [0.15, 0.2) is 0 Å². The van der Waals surface area contributed by atoms with Crippen molar-refractivity contribution in [3.8, 4) is 0 Å². The lowest BCUT2D eigenvalue weighted by molar-refractivity contribution is 0.931. The lowest BCUT2D eigenvalue weighted by Crippen LogP contribution is -1.93. The highest BCUT2D eigenvalue weighted by molar-refractivity contribution is 7.93. The number of halogens is 1. The van der Waals surface area contributed by atoms with Crippen molar-refractivity contribution in [3.63, 3.8) is 0 Å². The van der Waals surface area contributed by atoms with Crippen molar-refractivity contribution in [2.75, 3.05) is 0 Å². The first-order chi connectivity index (χ1) is 6.19. The zero-order valence-electron chi connectivity index (χ0n) is 7.80. The van der Waals surface area contributed by atoms with Crippen LogP contribution in [0, 0.1) is 13.8 Å². The minimum absolute atomic E-state index is 0.365. The molecule has 0 N–H and O–H groups in total. The molecule has 1 rings (SSSR count). The van der Waals surface area contributed by atoms with E-state index in [2.05, 4.69) is 25.6 Å². The van der Waals surface area contributed by atoms with Crippen molar-refractivity contribution in [1.29, 1.82) is 0 Å². The summed E-state index contributed by atoms with van der Waals surface area (Å²) in [6.07, 6.45) is 0. The number of rotatable bonds is 3. The van der Waals surface area contributed by atoms with E-state index < -0.39 is 0 Å². The fourth-order valence-corrected chi connectivity index (χ4v) is 1.96. The van der Waals surface area contributed by atoms with E-state index in [0.29, 0.717) is 23.7 Å². The van der Waals surface area contributed by atoms with Crippen molar-refractivity contribution in [2.24, 2.45) is 0 Å². The second-order valence-corrected chi connectivity index (χ2v) is 3.94. The molecule has 0 fully saturated rings. The van der Waals surface area contributed by atoms with E-state index in [0.717, 1.165) is 11.1 Å².